The Morgan fingerprint density at radius 1 is 1.18 bits per heavy atom. The van der Waals surface area contributed by atoms with Gasteiger partial charge in [-0.3, -0.25) is 9.69 Å². The van der Waals surface area contributed by atoms with Crippen LogP contribution in [0, 0.1) is 5.82 Å². The van der Waals surface area contributed by atoms with Gasteiger partial charge in [0.1, 0.15) is 5.82 Å². The molecule has 0 spiro atoms. The summed E-state index contributed by atoms with van der Waals surface area (Å²) in [6, 6.07) is 13.9. The fraction of sp³-hybridized carbons (Fsp3) is 0.409. The summed E-state index contributed by atoms with van der Waals surface area (Å²) in [4.78, 5) is 17.2. The van der Waals surface area contributed by atoms with Gasteiger partial charge < -0.3 is 15.0 Å². The number of halogens is 1. The van der Waals surface area contributed by atoms with Crippen molar-refractivity contribution in [2.45, 2.75) is 25.9 Å². The summed E-state index contributed by atoms with van der Waals surface area (Å²) in [5.74, 6) is -0.401. The Kier molecular flexibility index (Phi) is 7.01. The van der Waals surface area contributed by atoms with Gasteiger partial charge in [0.25, 0.3) is 0 Å². The number of benzene rings is 2. The summed E-state index contributed by atoms with van der Waals surface area (Å²) in [6.45, 7) is 5.90. The third-order valence-corrected chi connectivity index (χ3v) is 5.10. The van der Waals surface area contributed by atoms with Crippen molar-refractivity contribution in [3.05, 3.63) is 59.9 Å². The standard InChI is InChI=1S/C22H28FN3O2/c1-3-20(22(27)24-19-10-8-18(23)9-11-19)25(2)16-17-6-4-5-7-21(17)26-12-14-28-15-13-26/h4-11,20H,3,12-16H2,1-2H3,(H,24,27). The summed E-state index contributed by atoms with van der Waals surface area (Å²) in [5, 5.41) is 2.89. The number of amides is 1. The van der Waals surface area contributed by atoms with Crippen molar-refractivity contribution < 1.29 is 13.9 Å². The van der Waals surface area contributed by atoms with Crippen LogP contribution < -0.4 is 10.2 Å². The van der Waals surface area contributed by atoms with Gasteiger partial charge in [-0.05, 0) is 49.4 Å². The molecule has 0 saturated carbocycles. The van der Waals surface area contributed by atoms with Crippen LogP contribution in [0.25, 0.3) is 0 Å². The van der Waals surface area contributed by atoms with E-state index < -0.39 is 0 Å². The molecule has 28 heavy (non-hydrogen) atoms. The van der Waals surface area contributed by atoms with E-state index in [1.165, 1.54) is 23.4 Å². The molecular weight excluding hydrogens is 357 g/mol. The average Bonchev–Trinajstić information content (AvgIpc) is 2.71. The molecule has 1 heterocycles. The van der Waals surface area contributed by atoms with Crippen LogP contribution in [0.4, 0.5) is 15.8 Å². The van der Waals surface area contributed by atoms with Crippen LogP contribution in [0.3, 0.4) is 0 Å². The molecular formula is C22H28FN3O2. The summed E-state index contributed by atoms with van der Waals surface area (Å²) >= 11 is 0. The lowest BCUT2D eigenvalue weighted by molar-refractivity contribution is -0.121. The number of anilines is 2. The van der Waals surface area contributed by atoms with E-state index in [4.69, 9.17) is 4.74 Å². The summed E-state index contributed by atoms with van der Waals surface area (Å²) in [7, 11) is 1.97. The van der Waals surface area contributed by atoms with Crippen molar-refractivity contribution >= 4 is 17.3 Å². The van der Waals surface area contributed by atoms with Gasteiger partial charge in [0.2, 0.25) is 5.91 Å². The molecule has 2 aromatic carbocycles. The van der Waals surface area contributed by atoms with Crippen molar-refractivity contribution in [3.63, 3.8) is 0 Å². The van der Waals surface area contributed by atoms with Gasteiger partial charge in [-0.1, -0.05) is 25.1 Å². The number of nitrogens with one attached hydrogen (secondary N) is 1. The Bertz CT molecular complexity index is 776. The molecule has 2 aromatic rings. The Morgan fingerprint density at radius 2 is 1.86 bits per heavy atom. The first-order valence-electron chi connectivity index (χ1n) is 9.75. The zero-order chi connectivity index (χ0) is 19.9. The van der Waals surface area contributed by atoms with Crippen molar-refractivity contribution in [3.8, 4) is 0 Å². The number of carbonyl (C=O) groups excluding carboxylic acids is 1. The smallest absolute Gasteiger partial charge is 0.241 e. The van der Waals surface area contributed by atoms with Gasteiger partial charge >= 0.3 is 0 Å². The fourth-order valence-corrected chi connectivity index (χ4v) is 3.59. The van der Waals surface area contributed by atoms with Gasteiger partial charge in [0, 0.05) is 31.0 Å². The van der Waals surface area contributed by atoms with Gasteiger partial charge in [0.15, 0.2) is 0 Å². The second-order valence-electron chi connectivity index (χ2n) is 7.06. The van der Waals surface area contributed by atoms with Crippen molar-refractivity contribution in [2.75, 3.05) is 43.6 Å². The molecule has 1 unspecified atom stereocenters. The SMILES string of the molecule is CCC(C(=O)Nc1ccc(F)cc1)N(C)Cc1ccccc1N1CCOCC1. The van der Waals surface area contributed by atoms with Gasteiger partial charge in [0.05, 0.1) is 19.3 Å². The summed E-state index contributed by atoms with van der Waals surface area (Å²) < 4.78 is 18.5. The second-order valence-corrected chi connectivity index (χ2v) is 7.06. The first-order valence-corrected chi connectivity index (χ1v) is 9.75. The molecule has 0 radical (unpaired) electrons. The third-order valence-electron chi connectivity index (χ3n) is 5.10. The zero-order valence-electron chi connectivity index (χ0n) is 16.5. The van der Waals surface area contributed by atoms with E-state index in [1.54, 1.807) is 12.1 Å². The number of carbonyl (C=O) groups is 1. The third kappa shape index (κ3) is 5.09. The highest BCUT2D eigenvalue weighted by molar-refractivity contribution is 5.94. The number of nitrogens with zero attached hydrogens (tertiary/aromatic N) is 2. The van der Waals surface area contributed by atoms with Crippen LogP contribution in [-0.2, 0) is 16.1 Å². The van der Waals surface area contributed by atoms with Crippen LogP contribution in [0.15, 0.2) is 48.5 Å². The number of rotatable bonds is 7. The van der Waals surface area contributed by atoms with Crippen molar-refractivity contribution in [1.29, 1.82) is 0 Å². The van der Waals surface area contributed by atoms with Crippen LogP contribution in [0.5, 0.6) is 0 Å². The molecule has 0 bridgehead atoms. The minimum atomic E-state index is -0.318. The predicted octanol–water partition coefficient (Wildman–Crippen LogP) is 3.51. The van der Waals surface area contributed by atoms with Crippen LogP contribution in [-0.4, -0.2) is 50.2 Å². The minimum Gasteiger partial charge on any atom is -0.378 e. The molecule has 1 saturated heterocycles. The number of hydrogen-bond acceptors (Lipinski definition) is 4. The largest absolute Gasteiger partial charge is 0.378 e. The van der Waals surface area contributed by atoms with E-state index in [1.807, 2.05) is 26.1 Å². The fourth-order valence-electron chi connectivity index (χ4n) is 3.59. The maximum atomic E-state index is 13.1. The highest BCUT2D eigenvalue weighted by Gasteiger charge is 2.23. The van der Waals surface area contributed by atoms with Gasteiger partial charge in [-0.2, -0.15) is 0 Å². The highest BCUT2D eigenvalue weighted by Crippen LogP contribution is 2.24. The van der Waals surface area contributed by atoms with Gasteiger partial charge in [-0.15, -0.1) is 0 Å². The lowest BCUT2D eigenvalue weighted by atomic mass is 10.1. The molecule has 0 aliphatic carbocycles. The van der Waals surface area contributed by atoms with E-state index in [2.05, 4.69) is 27.2 Å². The minimum absolute atomic E-state index is 0.0829. The molecule has 1 N–H and O–H groups in total. The van der Waals surface area contributed by atoms with Gasteiger partial charge in [-0.25, -0.2) is 4.39 Å². The Morgan fingerprint density at radius 3 is 2.54 bits per heavy atom. The van der Waals surface area contributed by atoms with Crippen molar-refractivity contribution in [2.24, 2.45) is 0 Å². The number of hydrogen-bond donors (Lipinski definition) is 1. The van der Waals surface area contributed by atoms with Crippen LogP contribution in [0.2, 0.25) is 0 Å². The van der Waals surface area contributed by atoms with Crippen molar-refractivity contribution in [1.82, 2.24) is 4.90 Å². The van der Waals surface area contributed by atoms with E-state index in [-0.39, 0.29) is 17.8 Å². The molecule has 1 aliphatic rings. The van der Waals surface area contributed by atoms with E-state index in [0.717, 1.165) is 26.3 Å². The summed E-state index contributed by atoms with van der Waals surface area (Å²) in [6.07, 6.45) is 0.684. The number of likely N-dealkylation sites (N-methyl/N-ethyl adjacent to an activating group) is 1. The highest BCUT2D eigenvalue weighted by atomic mass is 19.1. The molecule has 6 heteroatoms. The molecule has 1 atom stereocenters. The molecule has 150 valence electrons. The molecule has 5 nitrogen and oxygen atoms in total. The lowest BCUT2D eigenvalue weighted by Crippen LogP contribution is -2.42. The van der Waals surface area contributed by atoms with Crippen LogP contribution in [0.1, 0.15) is 18.9 Å². The molecule has 0 aromatic heterocycles. The Hall–Kier alpha value is -2.44. The first kappa shape index (κ1) is 20.3. The first-order chi connectivity index (χ1) is 13.6. The quantitative estimate of drug-likeness (QED) is 0.792. The molecule has 1 fully saturated rings. The maximum Gasteiger partial charge on any atom is 0.241 e. The van der Waals surface area contributed by atoms with E-state index in [0.29, 0.717) is 18.7 Å². The number of morpholine rings is 1. The number of ether oxygens (including phenoxy) is 1. The normalized spacial score (nSPS) is 15.5. The Labute approximate surface area is 166 Å². The number of para-hydroxylation sites is 1. The van der Waals surface area contributed by atoms with E-state index in [9.17, 15) is 9.18 Å². The van der Waals surface area contributed by atoms with E-state index >= 15 is 0 Å². The Balaban J connectivity index is 1.69. The molecule has 1 aliphatic heterocycles. The maximum absolute atomic E-state index is 13.1. The lowest BCUT2D eigenvalue weighted by Gasteiger charge is -2.32. The van der Waals surface area contributed by atoms with Crippen LogP contribution >= 0.6 is 0 Å². The molecule has 1 amide bonds. The zero-order valence-corrected chi connectivity index (χ0v) is 16.5. The second kappa shape index (κ2) is 9.66. The predicted molar refractivity (Wildman–Crippen MR) is 110 cm³/mol. The topological polar surface area (TPSA) is 44.8 Å². The monoisotopic (exact) mass is 385 g/mol. The average molecular weight is 385 g/mol. The summed E-state index contributed by atoms with van der Waals surface area (Å²) in [5.41, 5.74) is 3.00. The molecule has 3 rings (SSSR count).